The van der Waals surface area contributed by atoms with E-state index in [0.29, 0.717) is 5.75 Å². The van der Waals surface area contributed by atoms with E-state index in [1.54, 1.807) is 0 Å². The molecule has 0 radical (unpaired) electrons. The van der Waals surface area contributed by atoms with Crippen molar-refractivity contribution in [2.45, 2.75) is 32.3 Å². The summed E-state index contributed by atoms with van der Waals surface area (Å²) in [5.74, 6) is 0.216. The number of hydrogen-bond acceptors (Lipinski definition) is 4. The summed E-state index contributed by atoms with van der Waals surface area (Å²) in [7, 11) is 1.23. The largest absolute Gasteiger partial charge is 0.490 e. The molecular weight excluding hydrogens is 312 g/mol. The van der Waals surface area contributed by atoms with Crippen molar-refractivity contribution in [2.75, 3.05) is 13.7 Å². The Morgan fingerprint density at radius 2 is 2.11 bits per heavy atom. The van der Waals surface area contributed by atoms with Crippen LogP contribution in [0.5, 0.6) is 5.75 Å². The van der Waals surface area contributed by atoms with E-state index in [0.717, 1.165) is 10.0 Å². The molecule has 19 heavy (non-hydrogen) atoms. The fourth-order valence-electron chi connectivity index (χ4n) is 1.60. The molecule has 0 spiro atoms. The Bertz CT molecular complexity index is 455. The van der Waals surface area contributed by atoms with Crippen LogP contribution in [0, 0.1) is 0 Å². The highest BCUT2D eigenvalue weighted by atomic mass is 79.9. The summed E-state index contributed by atoms with van der Waals surface area (Å²) >= 11 is 3.41. The number of halogens is 1. The number of esters is 1. The van der Waals surface area contributed by atoms with E-state index in [1.807, 2.05) is 32.0 Å². The average Bonchev–Trinajstić information content (AvgIpc) is 2.36. The second-order valence-electron chi connectivity index (χ2n) is 4.89. The van der Waals surface area contributed by atoms with Gasteiger partial charge < -0.3 is 14.6 Å². The summed E-state index contributed by atoms with van der Waals surface area (Å²) in [5, 5.41) is 9.92. The Hall–Kier alpha value is -1.07. The van der Waals surface area contributed by atoms with Gasteiger partial charge in [0.25, 0.3) is 0 Å². The minimum Gasteiger partial charge on any atom is -0.490 e. The van der Waals surface area contributed by atoms with Crippen LogP contribution in [0.3, 0.4) is 0 Å². The van der Waals surface area contributed by atoms with Gasteiger partial charge in [-0.2, -0.15) is 0 Å². The zero-order valence-electron chi connectivity index (χ0n) is 11.6. The van der Waals surface area contributed by atoms with Crippen molar-refractivity contribution >= 4 is 21.9 Å². The summed E-state index contributed by atoms with van der Waals surface area (Å²) in [6.07, 6.45) is 0. The first-order valence-electron chi connectivity index (χ1n) is 6.01. The van der Waals surface area contributed by atoms with Crippen molar-refractivity contribution in [3.8, 4) is 5.75 Å². The smallest absolute Gasteiger partial charge is 0.341 e. The van der Waals surface area contributed by atoms with E-state index in [9.17, 15) is 9.90 Å². The number of carbonyl (C=O) groups excluding carboxylic acids is 1. The molecule has 1 N–H and O–H groups in total. The van der Waals surface area contributed by atoms with Crippen LogP contribution >= 0.6 is 15.9 Å². The highest BCUT2D eigenvalue weighted by Gasteiger charge is 2.32. The Balaban J connectivity index is 2.86. The summed E-state index contributed by atoms with van der Waals surface area (Å²) in [4.78, 5) is 11.4. The molecule has 1 aromatic rings. The molecule has 5 heteroatoms. The Morgan fingerprint density at radius 1 is 1.47 bits per heavy atom. The van der Waals surface area contributed by atoms with Crippen LogP contribution in [0.15, 0.2) is 22.7 Å². The number of carbonyl (C=O) groups is 1. The van der Waals surface area contributed by atoms with Gasteiger partial charge in [-0.15, -0.1) is 0 Å². The molecular formula is C14H19BrO4. The number of rotatable bonds is 5. The molecule has 1 atom stereocenters. The molecule has 106 valence electrons. The second kappa shape index (κ2) is 6.39. The first kappa shape index (κ1) is 16.0. The molecule has 0 aliphatic heterocycles. The van der Waals surface area contributed by atoms with Crippen LogP contribution < -0.4 is 4.74 Å². The third-order valence-corrected chi connectivity index (χ3v) is 3.22. The molecule has 1 aromatic carbocycles. The Morgan fingerprint density at radius 3 is 2.63 bits per heavy atom. The average molecular weight is 331 g/mol. The van der Waals surface area contributed by atoms with Crippen LogP contribution in [-0.4, -0.2) is 30.4 Å². The maximum Gasteiger partial charge on any atom is 0.341 e. The van der Waals surface area contributed by atoms with Crippen molar-refractivity contribution in [3.05, 3.63) is 28.2 Å². The third kappa shape index (κ3) is 4.21. The van der Waals surface area contributed by atoms with Gasteiger partial charge in [-0.3, -0.25) is 0 Å². The SMILES string of the molecule is COC(=O)C(C)(O)COc1ccc(Br)cc1C(C)C. The lowest BCUT2D eigenvalue weighted by molar-refractivity contribution is -0.163. The topological polar surface area (TPSA) is 55.8 Å². The Labute approximate surface area is 121 Å². The quantitative estimate of drug-likeness (QED) is 0.843. The standard InChI is InChI=1S/C14H19BrO4/c1-9(2)11-7-10(15)5-6-12(11)19-8-14(3,17)13(16)18-4/h5-7,9,17H,8H2,1-4H3. The third-order valence-electron chi connectivity index (χ3n) is 2.73. The van der Waals surface area contributed by atoms with Crippen LogP contribution in [0.2, 0.25) is 0 Å². The fraction of sp³-hybridized carbons (Fsp3) is 0.500. The predicted octanol–water partition coefficient (Wildman–Crippen LogP) is 2.88. The number of hydrogen-bond donors (Lipinski definition) is 1. The van der Waals surface area contributed by atoms with Gasteiger partial charge in [0, 0.05) is 4.47 Å². The summed E-state index contributed by atoms with van der Waals surface area (Å²) in [6.45, 7) is 5.31. The maximum absolute atomic E-state index is 11.4. The van der Waals surface area contributed by atoms with Crippen molar-refractivity contribution in [2.24, 2.45) is 0 Å². The zero-order chi connectivity index (χ0) is 14.6. The lowest BCUT2D eigenvalue weighted by atomic mass is 10.0. The maximum atomic E-state index is 11.4. The van der Waals surface area contributed by atoms with Crippen LogP contribution in [-0.2, 0) is 9.53 Å². The van der Waals surface area contributed by atoms with Gasteiger partial charge in [0.05, 0.1) is 7.11 Å². The van der Waals surface area contributed by atoms with Gasteiger partial charge >= 0.3 is 5.97 Å². The van der Waals surface area contributed by atoms with Crippen LogP contribution in [0.4, 0.5) is 0 Å². The lowest BCUT2D eigenvalue weighted by Crippen LogP contribution is -2.42. The van der Waals surface area contributed by atoms with Gasteiger partial charge in [0.2, 0.25) is 0 Å². The molecule has 0 aliphatic carbocycles. The second-order valence-corrected chi connectivity index (χ2v) is 5.81. The van der Waals surface area contributed by atoms with Gasteiger partial charge in [-0.1, -0.05) is 29.8 Å². The summed E-state index contributed by atoms with van der Waals surface area (Å²) < 4.78 is 11.1. The van der Waals surface area contributed by atoms with E-state index in [4.69, 9.17) is 4.74 Å². The molecule has 4 nitrogen and oxygen atoms in total. The molecule has 0 aliphatic rings. The van der Waals surface area contributed by atoms with Gasteiger partial charge in [-0.25, -0.2) is 4.79 Å². The highest BCUT2D eigenvalue weighted by Crippen LogP contribution is 2.30. The van der Waals surface area contributed by atoms with Crippen molar-refractivity contribution < 1.29 is 19.4 Å². The molecule has 0 bridgehead atoms. The van der Waals surface area contributed by atoms with Gasteiger partial charge in [-0.05, 0) is 36.6 Å². The summed E-state index contributed by atoms with van der Waals surface area (Å²) in [6, 6.07) is 5.63. The minimum absolute atomic E-state index is 0.152. The normalized spacial score (nSPS) is 14.1. The van der Waals surface area contributed by atoms with E-state index in [2.05, 4.69) is 20.7 Å². The lowest BCUT2D eigenvalue weighted by Gasteiger charge is -2.22. The number of benzene rings is 1. The van der Waals surface area contributed by atoms with E-state index >= 15 is 0 Å². The fourth-order valence-corrected chi connectivity index (χ4v) is 1.98. The van der Waals surface area contributed by atoms with Crippen LogP contribution in [0.25, 0.3) is 0 Å². The zero-order valence-corrected chi connectivity index (χ0v) is 13.2. The van der Waals surface area contributed by atoms with Gasteiger partial charge in [0.1, 0.15) is 12.4 Å². The summed E-state index contributed by atoms with van der Waals surface area (Å²) in [5.41, 5.74) is -0.647. The van der Waals surface area contributed by atoms with E-state index in [1.165, 1.54) is 14.0 Å². The molecule has 1 rings (SSSR count). The molecule has 0 fully saturated rings. The molecule has 0 amide bonds. The van der Waals surface area contributed by atoms with Crippen molar-refractivity contribution in [1.29, 1.82) is 0 Å². The number of methoxy groups -OCH3 is 1. The Kier molecular flexibility index (Phi) is 5.38. The molecule has 0 heterocycles. The number of ether oxygens (including phenoxy) is 2. The van der Waals surface area contributed by atoms with E-state index in [-0.39, 0.29) is 12.5 Å². The van der Waals surface area contributed by atoms with Crippen molar-refractivity contribution in [3.63, 3.8) is 0 Å². The monoisotopic (exact) mass is 330 g/mol. The molecule has 1 unspecified atom stereocenters. The van der Waals surface area contributed by atoms with Gasteiger partial charge in [0.15, 0.2) is 5.60 Å². The molecule has 0 aromatic heterocycles. The molecule has 0 saturated carbocycles. The number of aliphatic hydroxyl groups is 1. The minimum atomic E-state index is -1.66. The molecule has 0 saturated heterocycles. The highest BCUT2D eigenvalue weighted by molar-refractivity contribution is 9.10. The van der Waals surface area contributed by atoms with Crippen LogP contribution in [0.1, 0.15) is 32.3 Å². The van der Waals surface area contributed by atoms with E-state index < -0.39 is 11.6 Å². The van der Waals surface area contributed by atoms with Crippen molar-refractivity contribution in [1.82, 2.24) is 0 Å². The first-order valence-corrected chi connectivity index (χ1v) is 6.80. The predicted molar refractivity (Wildman–Crippen MR) is 76.4 cm³/mol. The first-order chi connectivity index (χ1) is 8.77.